The molecule has 0 aromatic heterocycles. The van der Waals surface area contributed by atoms with Gasteiger partial charge >= 0.3 is 0 Å². The predicted octanol–water partition coefficient (Wildman–Crippen LogP) is 2.18. The van der Waals surface area contributed by atoms with Gasteiger partial charge in [-0.2, -0.15) is 0 Å². The first-order chi connectivity index (χ1) is 5.89. The van der Waals surface area contributed by atoms with Crippen LogP contribution in [-0.4, -0.2) is 13.1 Å². The van der Waals surface area contributed by atoms with Crippen LogP contribution in [0.4, 0.5) is 0 Å². The van der Waals surface area contributed by atoms with Crippen LogP contribution in [0.1, 0.15) is 38.5 Å². The van der Waals surface area contributed by atoms with E-state index in [2.05, 4.69) is 5.32 Å². The lowest BCUT2D eigenvalue weighted by atomic mass is 9.55. The lowest BCUT2D eigenvalue weighted by Gasteiger charge is -2.49. The third kappa shape index (κ3) is 0.891. The molecule has 0 aromatic rings. The summed E-state index contributed by atoms with van der Waals surface area (Å²) in [6.07, 6.45) is 9.23. The normalized spacial score (nSPS) is 52.0. The summed E-state index contributed by atoms with van der Waals surface area (Å²) in [4.78, 5) is 0. The summed E-state index contributed by atoms with van der Waals surface area (Å²) in [6.45, 7) is 2.64. The van der Waals surface area contributed by atoms with Crippen LogP contribution >= 0.6 is 0 Å². The molecule has 4 fully saturated rings. The van der Waals surface area contributed by atoms with Gasteiger partial charge in [0.25, 0.3) is 0 Å². The van der Waals surface area contributed by atoms with Crippen molar-refractivity contribution in [3.63, 3.8) is 0 Å². The minimum absolute atomic E-state index is 0.779. The fourth-order valence-corrected chi connectivity index (χ4v) is 4.01. The maximum Gasteiger partial charge on any atom is 0.00110 e. The van der Waals surface area contributed by atoms with Gasteiger partial charge in [-0.15, -0.1) is 0 Å². The van der Waals surface area contributed by atoms with Gasteiger partial charge in [-0.1, -0.05) is 12.8 Å². The van der Waals surface area contributed by atoms with E-state index in [4.69, 9.17) is 0 Å². The van der Waals surface area contributed by atoms with Gasteiger partial charge in [0.1, 0.15) is 0 Å². The molecular formula is C11H19N. The van der Waals surface area contributed by atoms with Crippen LogP contribution < -0.4 is 5.32 Å². The van der Waals surface area contributed by atoms with Crippen molar-refractivity contribution in [2.75, 3.05) is 13.1 Å². The van der Waals surface area contributed by atoms with E-state index in [9.17, 15) is 0 Å². The van der Waals surface area contributed by atoms with E-state index in [-0.39, 0.29) is 0 Å². The molecule has 1 atom stereocenters. The molecule has 0 aromatic carbocycles. The third-order valence-corrected chi connectivity index (χ3v) is 4.68. The summed E-state index contributed by atoms with van der Waals surface area (Å²) < 4.78 is 0. The molecular weight excluding hydrogens is 146 g/mol. The lowest BCUT2D eigenvalue weighted by Crippen LogP contribution is -2.43. The molecule has 4 aliphatic rings. The first kappa shape index (κ1) is 7.37. The van der Waals surface area contributed by atoms with E-state index in [0.717, 1.165) is 17.3 Å². The van der Waals surface area contributed by atoms with Crippen LogP contribution in [0, 0.1) is 17.3 Å². The Morgan fingerprint density at radius 3 is 2.42 bits per heavy atom. The van der Waals surface area contributed by atoms with Crippen LogP contribution in [0.2, 0.25) is 0 Å². The monoisotopic (exact) mass is 165 g/mol. The largest absolute Gasteiger partial charge is 0.316 e. The quantitative estimate of drug-likeness (QED) is 0.580. The highest BCUT2D eigenvalue weighted by molar-refractivity contribution is 5.00. The van der Waals surface area contributed by atoms with Gasteiger partial charge in [-0.25, -0.2) is 0 Å². The molecule has 1 N–H and O–H groups in total. The fourth-order valence-electron chi connectivity index (χ4n) is 4.01. The summed E-state index contributed by atoms with van der Waals surface area (Å²) in [7, 11) is 0. The Balaban J connectivity index is 1.86. The smallest absolute Gasteiger partial charge is 0.00110 e. The molecule has 1 saturated heterocycles. The molecule has 3 saturated carbocycles. The van der Waals surface area contributed by atoms with Gasteiger partial charge < -0.3 is 5.32 Å². The maximum absolute atomic E-state index is 3.57. The van der Waals surface area contributed by atoms with Crippen molar-refractivity contribution in [3.05, 3.63) is 0 Å². The average molecular weight is 165 g/mol. The molecule has 68 valence electrons. The Labute approximate surface area is 74.9 Å². The molecule has 1 heterocycles. The summed E-state index contributed by atoms with van der Waals surface area (Å²) in [6, 6.07) is 0. The SMILES string of the molecule is C1CC2(CN1)CC1CCC2CC1. The second kappa shape index (κ2) is 2.47. The topological polar surface area (TPSA) is 12.0 Å². The van der Waals surface area contributed by atoms with Gasteiger partial charge in [-0.3, -0.25) is 0 Å². The zero-order valence-corrected chi connectivity index (χ0v) is 7.81. The molecule has 12 heavy (non-hydrogen) atoms. The number of fused-ring (bicyclic) bond motifs is 2. The van der Waals surface area contributed by atoms with E-state index in [1.807, 2.05) is 0 Å². The standard InChI is InChI=1S/C11H19N/c1-3-10-4-2-9(1)7-11(10)5-6-12-8-11/h9-10,12H,1-8H2. The van der Waals surface area contributed by atoms with E-state index in [0.29, 0.717) is 0 Å². The minimum Gasteiger partial charge on any atom is -0.316 e. The lowest BCUT2D eigenvalue weighted by molar-refractivity contribution is 0.0172. The van der Waals surface area contributed by atoms with E-state index in [1.54, 1.807) is 32.1 Å². The number of hydrogen-bond donors (Lipinski definition) is 1. The second-order valence-electron chi connectivity index (χ2n) is 5.21. The molecule has 1 unspecified atom stereocenters. The Morgan fingerprint density at radius 2 is 1.92 bits per heavy atom. The van der Waals surface area contributed by atoms with Crippen molar-refractivity contribution in [2.24, 2.45) is 17.3 Å². The van der Waals surface area contributed by atoms with E-state index >= 15 is 0 Å². The van der Waals surface area contributed by atoms with Gasteiger partial charge in [0, 0.05) is 6.54 Å². The zero-order chi connectivity index (χ0) is 8.02. The van der Waals surface area contributed by atoms with Crippen LogP contribution in [0.5, 0.6) is 0 Å². The average Bonchev–Trinajstić information content (AvgIpc) is 2.55. The summed E-state index contributed by atoms with van der Waals surface area (Å²) in [5.41, 5.74) is 0.779. The summed E-state index contributed by atoms with van der Waals surface area (Å²) in [5.74, 6) is 2.20. The van der Waals surface area contributed by atoms with Crippen LogP contribution in [0.25, 0.3) is 0 Å². The van der Waals surface area contributed by atoms with Crippen molar-refractivity contribution in [1.82, 2.24) is 5.32 Å². The number of nitrogens with one attached hydrogen (secondary N) is 1. The summed E-state index contributed by atoms with van der Waals surface area (Å²) >= 11 is 0. The van der Waals surface area contributed by atoms with Crippen molar-refractivity contribution in [2.45, 2.75) is 38.5 Å². The van der Waals surface area contributed by atoms with Crippen molar-refractivity contribution >= 4 is 0 Å². The molecule has 1 nitrogen and oxygen atoms in total. The van der Waals surface area contributed by atoms with E-state index in [1.165, 1.54) is 19.5 Å². The van der Waals surface area contributed by atoms with E-state index < -0.39 is 0 Å². The van der Waals surface area contributed by atoms with Crippen molar-refractivity contribution < 1.29 is 0 Å². The van der Waals surface area contributed by atoms with Crippen molar-refractivity contribution in [3.8, 4) is 0 Å². The highest BCUT2D eigenvalue weighted by Gasteiger charge is 2.48. The Bertz CT molecular complexity index is 173. The zero-order valence-electron chi connectivity index (χ0n) is 7.81. The first-order valence-corrected chi connectivity index (χ1v) is 5.60. The molecule has 2 bridgehead atoms. The minimum atomic E-state index is 0.779. The molecule has 4 rings (SSSR count). The fraction of sp³-hybridized carbons (Fsp3) is 1.00. The third-order valence-electron chi connectivity index (χ3n) is 4.68. The van der Waals surface area contributed by atoms with Crippen LogP contribution in [0.15, 0.2) is 0 Å². The molecule has 1 spiro atoms. The second-order valence-corrected chi connectivity index (χ2v) is 5.21. The Hall–Kier alpha value is -0.0400. The van der Waals surface area contributed by atoms with Gasteiger partial charge in [0.05, 0.1) is 0 Å². The molecule has 0 amide bonds. The predicted molar refractivity (Wildman–Crippen MR) is 50.0 cm³/mol. The Kier molecular flexibility index (Phi) is 1.52. The van der Waals surface area contributed by atoms with Crippen LogP contribution in [-0.2, 0) is 0 Å². The van der Waals surface area contributed by atoms with Crippen molar-refractivity contribution in [1.29, 1.82) is 0 Å². The highest BCUT2D eigenvalue weighted by atomic mass is 14.9. The molecule has 1 heteroatoms. The number of rotatable bonds is 0. The molecule has 1 aliphatic heterocycles. The number of hydrogen-bond acceptors (Lipinski definition) is 1. The molecule has 3 aliphatic carbocycles. The highest BCUT2D eigenvalue weighted by Crippen LogP contribution is 2.55. The Morgan fingerprint density at radius 1 is 1.08 bits per heavy atom. The van der Waals surface area contributed by atoms with Gasteiger partial charge in [-0.05, 0) is 49.5 Å². The van der Waals surface area contributed by atoms with Gasteiger partial charge in [0.2, 0.25) is 0 Å². The van der Waals surface area contributed by atoms with Gasteiger partial charge in [0.15, 0.2) is 0 Å². The maximum atomic E-state index is 3.57. The first-order valence-electron chi connectivity index (χ1n) is 5.60. The van der Waals surface area contributed by atoms with Crippen LogP contribution in [0.3, 0.4) is 0 Å². The summed E-state index contributed by atoms with van der Waals surface area (Å²) in [5, 5.41) is 3.57. The molecule has 0 radical (unpaired) electrons.